The van der Waals surface area contributed by atoms with Gasteiger partial charge in [-0.05, 0) is 36.0 Å². The predicted molar refractivity (Wildman–Crippen MR) is 119 cm³/mol. The van der Waals surface area contributed by atoms with E-state index in [1.165, 1.54) is 5.56 Å². The van der Waals surface area contributed by atoms with Crippen LogP contribution in [0.2, 0.25) is 0 Å². The number of benzene rings is 1. The molecule has 0 aliphatic rings. The Balaban J connectivity index is 1.72. The normalized spacial score (nSPS) is 11.8. The number of hydrogen-bond donors (Lipinski definition) is 1. The molecule has 0 aliphatic carbocycles. The van der Waals surface area contributed by atoms with Crippen molar-refractivity contribution in [2.75, 3.05) is 11.9 Å². The van der Waals surface area contributed by atoms with E-state index in [-0.39, 0.29) is 23.7 Å². The lowest BCUT2D eigenvalue weighted by atomic mass is 9.86. The Morgan fingerprint density at radius 1 is 1.27 bits per heavy atom. The quantitative estimate of drug-likeness (QED) is 0.525. The van der Waals surface area contributed by atoms with Gasteiger partial charge in [0.2, 0.25) is 5.91 Å². The average molecular weight is 429 g/mol. The first-order valence-corrected chi connectivity index (χ1v) is 10.8. The highest BCUT2D eigenvalue weighted by atomic mass is 32.1. The van der Waals surface area contributed by atoms with Crippen LogP contribution in [0.25, 0.3) is 11.0 Å². The zero-order valence-corrected chi connectivity index (χ0v) is 19.1. The number of thiazole rings is 1. The third-order valence-electron chi connectivity index (χ3n) is 4.65. The molecule has 3 rings (SSSR count). The van der Waals surface area contributed by atoms with Crippen molar-refractivity contribution in [1.29, 1.82) is 0 Å². The van der Waals surface area contributed by atoms with Crippen molar-refractivity contribution in [3.63, 3.8) is 0 Å². The van der Waals surface area contributed by atoms with Gasteiger partial charge in [-0.1, -0.05) is 52.0 Å². The third kappa shape index (κ3) is 5.08. The molecule has 2 aromatic heterocycles. The second-order valence-electron chi connectivity index (χ2n) is 8.87. The first-order valence-electron chi connectivity index (χ1n) is 9.99. The molecule has 1 amide bonds. The molecular weight excluding hydrogens is 400 g/mol. The highest BCUT2D eigenvalue weighted by molar-refractivity contribution is 7.17. The molecule has 0 unspecified atom stereocenters. The van der Waals surface area contributed by atoms with E-state index in [4.69, 9.17) is 9.15 Å². The fourth-order valence-electron chi connectivity index (χ4n) is 2.97. The lowest BCUT2D eigenvalue weighted by Crippen LogP contribution is -2.14. The first-order chi connectivity index (χ1) is 14.0. The van der Waals surface area contributed by atoms with Gasteiger partial charge in [0.1, 0.15) is 10.5 Å². The Labute approximate surface area is 180 Å². The largest absolute Gasteiger partial charge is 0.464 e. The minimum atomic E-state index is -0.408. The summed E-state index contributed by atoms with van der Waals surface area (Å²) in [4.78, 5) is 29.5. The van der Waals surface area contributed by atoms with Crippen molar-refractivity contribution in [3.8, 4) is 0 Å². The van der Waals surface area contributed by atoms with Gasteiger partial charge in [0.25, 0.3) is 0 Å². The Morgan fingerprint density at radius 2 is 2.00 bits per heavy atom. The number of carbonyl (C=O) groups excluding carboxylic acids is 2. The van der Waals surface area contributed by atoms with Crippen LogP contribution >= 0.6 is 11.3 Å². The van der Waals surface area contributed by atoms with Crippen LogP contribution in [0.15, 0.2) is 28.9 Å². The molecule has 6 nitrogen and oxygen atoms in total. The summed E-state index contributed by atoms with van der Waals surface area (Å²) in [5.41, 5.74) is 3.31. The molecule has 1 N–H and O–H groups in total. The molecular formula is C23H28N2O4S. The number of aryl methyl sites for hydroxylation is 1. The number of nitrogens with zero attached hydrogens (tertiary/aromatic N) is 1. The Morgan fingerprint density at radius 3 is 2.67 bits per heavy atom. The second-order valence-corrected chi connectivity index (χ2v) is 9.87. The molecule has 0 spiro atoms. The molecule has 0 aliphatic heterocycles. The molecule has 160 valence electrons. The van der Waals surface area contributed by atoms with Crippen LogP contribution in [0.3, 0.4) is 0 Å². The van der Waals surface area contributed by atoms with Gasteiger partial charge in [-0.15, -0.1) is 0 Å². The monoisotopic (exact) mass is 428 g/mol. The molecule has 7 heteroatoms. The molecule has 0 fully saturated rings. The number of furan rings is 1. The summed E-state index contributed by atoms with van der Waals surface area (Å²) in [5, 5.41) is 4.11. The summed E-state index contributed by atoms with van der Waals surface area (Å²) < 4.78 is 10.9. The smallest absolute Gasteiger partial charge is 0.350 e. The lowest BCUT2D eigenvalue weighted by molar-refractivity contribution is -0.115. The first kappa shape index (κ1) is 22.0. The van der Waals surface area contributed by atoms with Gasteiger partial charge >= 0.3 is 5.97 Å². The van der Waals surface area contributed by atoms with E-state index < -0.39 is 5.97 Å². The number of nitrogens with one attached hydrogen (secondary N) is 1. The van der Waals surface area contributed by atoms with Crippen LogP contribution in [0, 0.1) is 12.8 Å². The number of ether oxygens (including phenoxy) is 1. The van der Waals surface area contributed by atoms with Crippen LogP contribution < -0.4 is 5.32 Å². The van der Waals surface area contributed by atoms with E-state index in [1.807, 2.05) is 26.0 Å². The summed E-state index contributed by atoms with van der Waals surface area (Å²) in [5.74, 6) is -0.366. The van der Waals surface area contributed by atoms with Crippen LogP contribution in [0.1, 0.15) is 61.1 Å². The van der Waals surface area contributed by atoms with E-state index in [1.54, 1.807) is 13.2 Å². The van der Waals surface area contributed by atoms with E-state index in [9.17, 15) is 9.59 Å². The summed E-state index contributed by atoms with van der Waals surface area (Å²) in [6.07, 6.45) is 1.78. The fraction of sp³-hybridized carbons (Fsp3) is 0.435. The summed E-state index contributed by atoms with van der Waals surface area (Å²) >= 11 is 1.13. The molecule has 0 radical (unpaired) electrons. The van der Waals surface area contributed by atoms with Crippen LogP contribution in [-0.2, 0) is 21.4 Å². The SMILES string of the molecule is Cc1nc(NC(=O)Cc2coc3ccc(C(C)(C)C)cc23)sc1C(=O)OCC(C)C. The maximum atomic E-state index is 12.6. The van der Waals surface area contributed by atoms with Crippen LogP contribution in [0.4, 0.5) is 5.13 Å². The minimum absolute atomic E-state index is 0.00395. The van der Waals surface area contributed by atoms with Crippen LogP contribution in [-0.4, -0.2) is 23.5 Å². The van der Waals surface area contributed by atoms with Crippen molar-refractivity contribution in [3.05, 3.63) is 46.2 Å². The van der Waals surface area contributed by atoms with E-state index in [0.717, 1.165) is 27.9 Å². The van der Waals surface area contributed by atoms with Gasteiger partial charge in [0.15, 0.2) is 5.13 Å². The number of anilines is 1. The highest BCUT2D eigenvalue weighted by Crippen LogP contribution is 2.30. The fourth-order valence-corrected chi connectivity index (χ4v) is 3.85. The number of rotatable bonds is 6. The molecule has 0 bridgehead atoms. The standard InChI is InChI=1S/C23H28N2O4S/c1-13(2)11-29-21(27)20-14(3)24-22(30-20)25-19(26)9-15-12-28-18-8-7-16(10-17(15)18)23(4,5)6/h7-8,10,12-13H,9,11H2,1-6H3,(H,24,25,26). The lowest BCUT2D eigenvalue weighted by Gasteiger charge is -2.18. The van der Waals surface area contributed by atoms with Crippen molar-refractivity contribution in [2.45, 2.75) is 53.4 Å². The summed E-state index contributed by atoms with van der Waals surface area (Å²) in [7, 11) is 0. The molecule has 3 aromatic rings. The van der Waals surface area contributed by atoms with E-state index >= 15 is 0 Å². The topological polar surface area (TPSA) is 81.4 Å². The predicted octanol–water partition coefficient (Wildman–Crippen LogP) is 5.49. The van der Waals surface area contributed by atoms with E-state index in [2.05, 4.69) is 37.1 Å². The maximum absolute atomic E-state index is 12.6. The van der Waals surface area contributed by atoms with Gasteiger partial charge in [-0.2, -0.15) is 0 Å². The zero-order chi connectivity index (χ0) is 22.1. The average Bonchev–Trinajstić information content (AvgIpc) is 3.21. The van der Waals surface area contributed by atoms with Gasteiger partial charge in [0.05, 0.1) is 25.0 Å². The number of fused-ring (bicyclic) bond motifs is 1. The molecule has 1 aromatic carbocycles. The van der Waals surface area contributed by atoms with Crippen molar-refractivity contribution >= 4 is 39.3 Å². The Bertz CT molecular complexity index is 1070. The highest BCUT2D eigenvalue weighted by Gasteiger charge is 2.20. The zero-order valence-electron chi connectivity index (χ0n) is 18.3. The molecule has 0 saturated heterocycles. The number of carbonyl (C=O) groups is 2. The van der Waals surface area contributed by atoms with Gasteiger partial charge in [-0.3, -0.25) is 4.79 Å². The maximum Gasteiger partial charge on any atom is 0.350 e. The second kappa shape index (κ2) is 8.60. The molecule has 2 heterocycles. The number of amides is 1. The van der Waals surface area contributed by atoms with Crippen LogP contribution in [0.5, 0.6) is 0 Å². The van der Waals surface area contributed by atoms with E-state index in [0.29, 0.717) is 22.3 Å². The number of aromatic nitrogens is 1. The van der Waals surface area contributed by atoms with Gasteiger partial charge in [-0.25, -0.2) is 9.78 Å². The summed E-state index contributed by atoms with van der Waals surface area (Å²) in [6, 6.07) is 6.07. The Kier molecular flexibility index (Phi) is 6.31. The van der Waals surface area contributed by atoms with Crippen molar-refractivity contribution in [2.24, 2.45) is 5.92 Å². The minimum Gasteiger partial charge on any atom is -0.464 e. The summed E-state index contributed by atoms with van der Waals surface area (Å²) in [6.45, 7) is 12.5. The van der Waals surface area contributed by atoms with Gasteiger partial charge in [0, 0.05) is 10.9 Å². The number of esters is 1. The van der Waals surface area contributed by atoms with Crippen molar-refractivity contribution in [1.82, 2.24) is 4.98 Å². The van der Waals surface area contributed by atoms with Gasteiger partial charge < -0.3 is 14.5 Å². The number of hydrogen-bond acceptors (Lipinski definition) is 6. The third-order valence-corrected chi connectivity index (χ3v) is 5.70. The Hall–Kier alpha value is -2.67. The van der Waals surface area contributed by atoms with Crippen molar-refractivity contribution < 1.29 is 18.7 Å². The molecule has 0 atom stereocenters. The molecule has 30 heavy (non-hydrogen) atoms. The molecule has 0 saturated carbocycles.